The number of nitrogens with zero attached hydrogens (tertiary/aromatic N) is 1. The first-order valence-electron chi connectivity index (χ1n) is 11.1. The second kappa shape index (κ2) is 10.6. The average Bonchev–Trinajstić information content (AvgIpc) is 3.34. The van der Waals surface area contributed by atoms with E-state index in [1.165, 1.54) is 39.9 Å². The van der Waals surface area contributed by atoms with Crippen LogP contribution in [0.2, 0.25) is 0 Å². The zero-order valence-electron chi connectivity index (χ0n) is 18.8. The van der Waals surface area contributed by atoms with Crippen LogP contribution in [0.5, 0.6) is 0 Å². The Morgan fingerprint density at radius 3 is 2.31 bits per heavy atom. The lowest BCUT2D eigenvalue weighted by Gasteiger charge is -2.21. The Kier molecular flexibility index (Phi) is 8.08. The molecule has 1 N–H and O–H groups in total. The number of anilines is 1. The van der Waals surface area contributed by atoms with E-state index in [0.29, 0.717) is 29.2 Å². The molecule has 7 nitrogen and oxygen atoms in total. The molecule has 174 valence electrons. The minimum atomic E-state index is -3.61. The fourth-order valence-corrected chi connectivity index (χ4v) is 6.76. The number of sulfonamides is 1. The maximum absolute atomic E-state index is 12.9. The van der Waals surface area contributed by atoms with E-state index in [1.807, 2.05) is 13.8 Å². The van der Waals surface area contributed by atoms with Crippen molar-refractivity contribution in [1.29, 1.82) is 0 Å². The van der Waals surface area contributed by atoms with E-state index in [9.17, 15) is 18.0 Å². The molecule has 0 radical (unpaired) electrons. The van der Waals surface area contributed by atoms with Crippen molar-refractivity contribution >= 4 is 38.2 Å². The molecule has 2 aromatic rings. The summed E-state index contributed by atoms with van der Waals surface area (Å²) in [4.78, 5) is 26.6. The Balaban J connectivity index is 1.81. The van der Waals surface area contributed by atoms with Crippen molar-refractivity contribution in [2.45, 2.75) is 57.8 Å². The van der Waals surface area contributed by atoms with E-state index >= 15 is 0 Å². The van der Waals surface area contributed by atoms with Crippen LogP contribution in [-0.2, 0) is 27.6 Å². The van der Waals surface area contributed by atoms with Crippen LogP contribution >= 0.6 is 11.3 Å². The number of thiophene rings is 1. The van der Waals surface area contributed by atoms with Gasteiger partial charge in [0.1, 0.15) is 5.00 Å². The third kappa shape index (κ3) is 5.05. The van der Waals surface area contributed by atoms with E-state index in [2.05, 4.69) is 5.32 Å². The number of hydrogen-bond donors (Lipinski definition) is 1. The Bertz CT molecular complexity index is 1070. The summed E-state index contributed by atoms with van der Waals surface area (Å²) in [5.41, 5.74) is 1.74. The Labute approximate surface area is 193 Å². The molecule has 1 aromatic heterocycles. The molecule has 9 heteroatoms. The lowest BCUT2D eigenvalue weighted by molar-refractivity contribution is 0.0527. The summed E-state index contributed by atoms with van der Waals surface area (Å²) >= 11 is 1.41. The van der Waals surface area contributed by atoms with E-state index in [-0.39, 0.29) is 11.5 Å². The van der Waals surface area contributed by atoms with Gasteiger partial charge in [0.2, 0.25) is 10.0 Å². The van der Waals surface area contributed by atoms with Gasteiger partial charge in [-0.1, -0.05) is 13.8 Å². The lowest BCUT2D eigenvalue weighted by atomic mass is 10.1. The van der Waals surface area contributed by atoms with Gasteiger partial charge in [0.15, 0.2) is 0 Å². The highest BCUT2D eigenvalue weighted by molar-refractivity contribution is 7.89. The average molecular weight is 479 g/mol. The molecule has 0 fully saturated rings. The second-order valence-electron chi connectivity index (χ2n) is 7.66. The minimum absolute atomic E-state index is 0.165. The van der Waals surface area contributed by atoms with Gasteiger partial charge >= 0.3 is 5.97 Å². The summed E-state index contributed by atoms with van der Waals surface area (Å²) in [5, 5.41) is 3.33. The van der Waals surface area contributed by atoms with Crippen LogP contribution in [0.3, 0.4) is 0 Å². The first-order chi connectivity index (χ1) is 15.3. The molecule has 1 amide bonds. The minimum Gasteiger partial charge on any atom is -0.462 e. The van der Waals surface area contributed by atoms with Crippen molar-refractivity contribution in [2.24, 2.45) is 0 Å². The van der Waals surface area contributed by atoms with Crippen LogP contribution in [0.1, 0.15) is 71.2 Å². The number of fused-ring (bicyclic) bond motifs is 1. The highest BCUT2D eigenvalue weighted by Gasteiger charge is 2.29. The van der Waals surface area contributed by atoms with Gasteiger partial charge < -0.3 is 10.1 Å². The predicted octanol–water partition coefficient (Wildman–Crippen LogP) is 4.48. The van der Waals surface area contributed by atoms with Gasteiger partial charge in [-0.05, 0) is 68.9 Å². The Hall–Kier alpha value is -2.23. The van der Waals surface area contributed by atoms with Crippen LogP contribution < -0.4 is 5.32 Å². The maximum Gasteiger partial charge on any atom is 0.341 e. The summed E-state index contributed by atoms with van der Waals surface area (Å²) in [5.74, 6) is -0.811. The van der Waals surface area contributed by atoms with Crippen molar-refractivity contribution in [3.63, 3.8) is 0 Å². The predicted molar refractivity (Wildman–Crippen MR) is 126 cm³/mol. The van der Waals surface area contributed by atoms with Crippen molar-refractivity contribution in [3.8, 4) is 0 Å². The van der Waals surface area contributed by atoms with Gasteiger partial charge in [-0.15, -0.1) is 11.3 Å². The lowest BCUT2D eigenvalue weighted by Crippen LogP contribution is -2.32. The quantitative estimate of drug-likeness (QED) is 0.509. The number of nitrogens with one attached hydrogen (secondary N) is 1. The summed E-state index contributed by atoms with van der Waals surface area (Å²) in [7, 11) is -3.61. The van der Waals surface area contributed by atoms with E-state index in [1.54, 1.807) is 6.92 Å². The molecular formula is C23H30N2O5S2. The molecule has 1 aromatic carbocycles. The number of amides is 1. The number of aryl methyl sites for hydroxylation is 1. The van der Waals surface area contributed by atoms with Crippen molar-refractivity contribution in [3.05, 3.63) is 45.8 Å². The smallest absolute Gasteiger partial charge is 0.341 e. The molecule has 0 aliphatic heterocycles. The fraction of sp³-hybridized carbons (Fsp3) is 0.478. The molecule has 0 saturated heterocycles. The summed E-state index contributed by atoms with van der Waals surface area (Å²) < 4.78 is 32.5. The first-order valence-corrected chi connectivity index (χ1v) is 13.3. The highest BCUT2D eigenvalue weighted by atomic mass is 32.2. The largest absolute Gasteiger partial charge is 0.462 e. The zero-order valence-corrected chi connectivity index (χ0v) is 20.4. The number of ether oxygens (including phenoxy) is 1. The van der Waals surface area contributed by atoms with E-state index in [0.717, 1.165) is 42.5 Å². The molecule has 0 spiro atoms. The first kappa shape index (κ1) is 24.4. The highest BCUT2D eigenvalue weighted by Crippen LogP contribution is 2.39. The van der Waals surface area contributed by atoms with Gasteiger partial charge in [-0.2, -0.15) is 4.31 Å². The van der Waals surface area contributed by atoms with Crippen molar-refractivity contribution in [1.82, 2.24) is 4.31 Å². The van der Waals surface area contributed by atoms with Crippen molar-refractivity contribution < 1.29 is 22.7 Å². The number of rotatable bonds is 10. The normalized spacial score (nSPS) is 13.2. The zero-order chi connectivity index (χ0) is 23.3. The Morgan fingerprint density at radius 2 is 1.72 bits per heavy atom. The Morgan fingerprint density at radius 1 is 1.06 bits per heavy atom. The molecule has 1 heterocycles. The number of esters is 1. The van der Waals surface area contributed by atoms with Crippen molar-refractivity contribution in [2.75, 3.05) is 25.0 Å². The molecule has 1 aliphatic rings. The van der Waals surface area contributed by atoms with Gasteiger partial charge in [-0.3, -0.25) is 4.79 Å². The second-order valence-corrected chi connectivity index (χ2v) is 10.7. The van der Waals surface area contributed by atoms with Crippen LogP contribution in [0.15, 0.2) is 29.2 Å². The van der Waals surface area contributed by atoms with Gasteiger partial charge in [0.05, 0.1) is 17.1 Å². The van der Waals surface area contributed by atoms with Gasteiger partial charge in [-0.25, -0.2) is 13.2 Å². The summed E-state index contributed by atoms with van der Waals surface area (Å²) in [6, 6.07) is 5.93. The van der Waals surface area contributed by atoms with Gasteiger partial charge in [0, 0.05) is 23.5 Å². The standard InChI is InChI=1S/C23H30N2O5S2/c1-4-14-25(15-5-2)32(28,29)17-12-10-16(11-13-17)21(26)24-22-20(23(27)30-6-3)18-8-7-9-19(18)31-22/h10-13H,4-9,14-15H2,1-3H3,(H,24,26). The third-order valence-electron chi connectivity index (χ3n) is 5.33. The number of carbonyl (C=O) groups is 2. The summed E-state index contributed by atoms with van der Waals surface area (Å²) in [6.07, 6.45) is 4.14. The van der Waals surface area contributed by atoms with E-state index < -0.39 is 21.9 Å². The number of benzene rings is 1. The molecule has 0 bridgehead atoms. The topological polar surface area (TPSA) is 92.8 Å². The van der Waals surface area contributed by atoms with Crippen LogP contribution in [0.25, 0.3) is 0 Å². The van der Waals surface area contributed by atoms with Crippen LogP contribution in [0, 0.1) is 0 Å². The molecule has 32 heavy (non-hydrogen) atoms. The molecule has 0 atom stereocenters. The van der Waals surface area contributed by atoms with Crippen LogP contribution in [0.4, 0.5) is 5.00 Å². The summed E-state index contributed by atoms with van der Waals surface area (Å²) in [6.45, 7) is 6.81. The SMILES string of the molecule is CCCN(CCC)S(=O)(=O)c1ccc(C(=O)Nc2sc3c(c2C(=O)OCC)CCC3)cc1. The monoisotopic (exact) mass is 478 g/mol. The maximum atomic E-state index is 12.9. The fourth-order valence-electron chi connectivity index (χ4n) is 3.87. The molecule has 0 saturated carbocycles. The van der Waals surface area contributed by atoms with Crippen LogP contribution in [-0.4, -0.2) is 44.3 Å². The van der Waals surface area contributed by atoms with Gasteiger partial charge in [0.25, 0.3) is 5.91 Å². The molecular weight excluding hydrogens is 448 g/mol. The third-order valence-corrected chi connectivity index (χ3v) is 8.45. The number of carbonyl (C=O) groups excluding carboxylic acids is 2. The molecule has 3 rings (SSSR count). The molecule has 1 aliphatic carbocycles. The molecule has 0 unspecified atom stereocenters. The van der Waals surface area contributed by atoms with E-state index in [4.69, 9.17) is 4.74 Å². The number of hydrogen-bond acceptors (Lipinski definition) is 6.